The number of carboxylic acids is 1. The quantitative estimate of drug-likeness (QED) is 0.188. The van der Waals surface area contributed by atoms with Gasteiger partial charge in [-0.1, -0.05) is 0 Å². The molecule has 0 spiro atoms. The average Bonchev–Trinajstić information content (AvgIpc) is 2.99. The summed E-state index contributed by atoms with van der Waals surface area (Å²) in [4.78, 5) is 59.7. The summed E-state index contributed by atoms with van der Waals surface area (Å²) < 4.78 is 22.5. The molecule has 7 rings (SSSR count). The number of carbonyl (C=O) groups is 3. The van der Waals surface area contributed by atoms with E-state index in [1.807, 2.05) is 18.9 Å². The second-order valence-corrected chi connectivity index (χ2v) is 10.4. The summed E-state index contributed by atoms with van der Waals surface area (Å²) in [6.07, 6.45) is 4.45. The molecule has 0 unspecified atom stereocenters. The number of fused-ring (bicyclic) bond motifs is 3. The first kappa shape index (κ1) is 32.7. The molecule has 1 atom stereocenters. The predicted molar refractivity (Wildman–Crippen MR) is 149 cm³/mol. The maximum atomic E-state index is 15.0. The number of anilines is 1. The van der Waals surface area contributed by atoms with Crippen LogP contribution < -0.4 is 32.6 Å². The van der Waals surface area contributed by atoms with E-state index in [1.165, 1.54) is 6.20 Å². The Morgan fingerprint density at radius 1 is 1.00 bits per heavy atom. The van der Waals surface area contributed by atoms with Gasteiger partial charge in [0.2, 0.25) is 11.6 Å². The summed E-state index contributed by atoms with van der Waals surface area (Å²) in [6, 6.07) is 7.41. The van der Waals surface area contributed by atoms with Crippen molar-refractivity contribution in [3.05, 3.63) is 81.7 Å². The minimum atomic E-state index is -1.57. The summed E-state index contributed by atoms with van der Waals surface area (Å²) in [5, 5.41) is 11.3. The SMILES string of the molecule is C[C@H]1COc2c(N3CCN(C)CC3)c(F)cc3c(=O)c(C(=O)[O-])cn1c23.O=C1C(=O)c2cccnc2-c2ncccc21.[Cl-].[Cu+2]. The molecule has 44 heavy (non-hydrogen) atoms. The third-order valence-corrected chi connectivity index (χ3v) is 7.72. The molecule has 231 valence electrons. The van der Waals surface area contributed by atoms with Gasteiger partial charge in [0, 0.05) is 44.8 Å². The third kappa shape index (κ3) is 5.48. The Morgan fingerprint density at radius 2 is 1.57 bits per heavy atom. The zero-order valence-electron chi connectivity index (χ0n) is 23.5. The molecule has 1 radical (unpaired) electrons. The Bertz CT molecular complexity index is 1800. The number of carboxylic acid groups (broad SMARTS) is 1. The number of piperazine rings is 1. The standard InChI is InChI=1S/C18H20FN3O4.C12H6N2O2.ClH.Cu/c1-10-9-26-17-14-11(16(23)12(18(24)25)8-22(10)14)7-13(19)15(17)21-5-3-20(2)4-6-21;15-11-7-3-1-5-13-9(7)10-8(12(11)16)4-2-6-14-10;;/h7-8,10H,3-6,9H2,1-2H3,(H,24,25);1-6H;1H;/q;;;+2/p-2/t10-;;;/m0.../s1. The van der Waals surface area contributed by atoms with Crippen LogP contribution in [-0.2, 0) is 17.1 Å². The molecule has 0 bridgehead atoms. The van der Waals surface area contributed by atoms with Gasteiger partial charge in [-0.15, -0.1) is 0 Å². The molecule has 0 saturated carbocycles. The minimum absolute atomic E-state index is 0. The van der Waals surface area contributed by atoms with Gasteiger partial charge in [-0.25, -0.2) is 4.39 Å². The number of rotatable bonds is 2. The van der Waals surface area contributed by atoms with Crippen molar-refractivity contribution in [1.29, 1.82) is 0 Å². The molecular formula is C30H25ClCuFN5O6. The second-order valence-electron chi connectivity index (χ2n) is 10.4. The number of ketones is 2. The van der Waals surface area contributed by atoms with Crippen LogP contribution in [0.15, 0.2) is 53.7 Å². The largest absolute Gasteiger partial charge is 2.00 e. The zero-order valence-corrected chi connectivity index (χ0v) is 25.2. The topological polar surface area (TPSA) is 138 Å². The molecule has 1 fully saturated rings. The molecule has 1 saturated heterocycles. The molecule has 0 N–H and O–H groups in total. The maximum absolute atomic E-state index is 15.0. The van der Waals surface area contributed by atoms with Crippen molar-refractivity contribution in [1.82, 2.24) is 19.4 Å². The van der Waals surface area contributed by atoms with Gasteiger partial charge in [0.05, 0.1) is 39.6 Å². The number of ether oxygens (including phenoxy) is 1. The predicted octanol–water partition coefficient (Wildman–Crippen LogP) is -1.27. The fraction of sp³-hybridized carbons (Fsp3) is 0.267. The Kier molecular flexibility index (Phi) is 9.55. The monoisotopic (exact) mass is 668 g/mol. The van der Waals surface area contributed by atoms with Crippen molar-refractivity contribution in [2.75, 3.05) is 44.7 Å². The first-order chi connectivity index (χ1) is 20.2. The van der Waals surface area contributed by atoms with E-state index in [2.05, 4.69) is 14.9 Å². The molecule has 0 amide bonds. The van der Waals surface area contributed by atoms with Crippen molar-refractivity contribution >= 4 is 34.1 Å². The van der Waals surface area contributed by atoms with E-state index >= 15 is 0 Å². The Labute approximate surface area is 267 Å². The number of Topliss-reactive ketones (excluding diaryl/α,β-unsaturated/α-hetero) is 2. The number of likely N-dealkylation sites (N-methyl/N-ethyl adjacent to an activating group) is 1. The van der Waals surface area contributed by atoms with Crippen LogP contribution in [0, 0.1) is 5.82 Å². The van der Waals surface area contributed by atoms with Crippen molar-refractivity contribution in [3.8, 4) is 17.1 Å². The number of hydrogen-bond acceptors (Lipinski definition) is 10. The molecule has 3 aromatic heterocycles. The van der Waals surface area contributed by atoms with Crippen molar-refractivity contribution < 1.29 is 58.1 Å². The Hall–Kier alpha value is -4.16. The maximum Gasteiger partial charge on any atom is 2.00 e. The molecule has 2 aliphatic heterocycles. The van der Waals surface area contributed by atoms with Crippen LogP contribution in [-0.4, -0.2) is 76.8 Å². The average molecular weight is 670 g/mol. The number of nitrogens with zero attached hydrogens (tertiary/aromatic N) is 5. The van der Waals surface area contributed by atoms with E-state index in [0.717, 1.165) is 19.2 Å². The van der Waals surface area contributed by atoms with Gasteiger partial charge in [-0.2, -0.15) is 0 Å². The first-order valence-corrected chi connectivity index (χ1v) is 13.4. The summed E-state index contributed by atoms with van der Waals surface area (Å²) in [5.41, 5.74) is 1.20. The number of hydrogen-bond donors (Lipinski definition) is 0. The van der Waals surface area contributed by atoms with Crippen LogP contribution in [0.3, 0.4) is 0 Å². The summed E-state index contributed by atoms with van der Waals surface area (Å²) in [6.45, 7) is 5.00. The summed E-state index contributed by atoms with van der Waals surface area (Å²) >= 11 is 0. The number of aromatic carboxylic acids is 1. The van der Waals surface area contributed by atoms with Crippen LogP contribution in [0.2, 0.25) is 0 Å². The van der Waals surface area contributed by atoms with Crippen LogP contribution in [0.4, 0.5) is 10.1 Å². The van der Waals surface area contributed by atoms with E-state index in [4.69, 9.17) is 4.74 Å². The number of aromatic nitrogens is 3. The molecule has 11 nitrogen and oxygen atoms in total. The van der Waals surface area contributed by atoms with Gasteiger partial charge < -0.3 is 41.4 Å². The molecule has 14 heteroatoms. The van der Waals surface area contributed by atoms with Gasteiger partial charge in [-0.05, 0) is 44.3 Å². The van der Waals surface area contributed by atoms with E-state index in [1.54, 1.807) is 41.2 Å². The summed E-state index contributed by atoms with van der Waals surface area (Å²) in [7, 11) is 2.01. The molecule has 1 aliphatic carbocycles. The van der Waals surface area contributed by atoms with Crippen molar-refractivity contribution in [2.24, 2.45) is 0 Å². The van der Waals surface area contributed by atoms with E-state index < -0.39 is 34.3 Å². The number of pyridine rings is 3. The molecule has 1 aromatic carbocycles. The number of benzene rings is 1. The van der Waals surface area contributed by atoms with Crippen molar-refractivity contribution in [2.45, 2.75) is 13.0 Å². The third-order valence-electron chi connectivity index (χ3n) is 7.72. The van der Waals surface area contributed by atoms with Gasteiger partial charge in [-0.3, -0.25) is 24.4 Å². The smallest absolute Gasteiger partial charge is 1.00 e. The fourth-order valence-electron chi connectivity index (χ4n) is 5.48. The zero-order chi connectivity index (χ0) is 29.7. The van der Waals surface area contributed by atoms with Crippen LogP contribution in [0.25, 0.3) is 22.3 Å². The number of halogens is 2. The van der Waals surface area contributed by atoms with E-state index in [-0.39, 0.29) is 47.5 Å². The number of carbonyl (C=O) groups excluding carboxylic acids is 3. The van der Waals surface area contributed by atoms with E-state index in [9.17, 15) is 28.7 Å². The van der Waals surface area contributed by atoms with Crippen molar-refractivity contribution in [3.63, 3.8) is 0 Å². The Balaban J connectivity index is 0.000000212. The molecule has 4 aromatic rings. The van der Waals surface area contributed by atoms with Gasteiger partial charge >= 0.3 is 17.1 Å². The second kappa shape index (κ2) is 12.8. The first-order valence-electron chi connectivity index (χ1n) is 13.4. The van der Waals surface area contributed by atoms with Gasteiger partial charge in [0.25, 0.3) is 0 Å². The van der Waals surface area contributed by atoms with Crippen LogP contribution >= 0.6 is 0 Å². The normalized spacial score (nSPS) is 16.8. The van der Waals surface area contributed by atoms with Crippen LogP contribution in [0.1, 0.15) is 44.0 Å². The van der Waals surface area contributed by atoms with E-state index in [0.29, 0.717) is 52.6 Å². The van der Waals surface area contributed by atoms with Crippen LogP contribution in [0.5, 0.6) is 5.75 Å². The molecule has 5 heterocycles. The Morgan fingerprint density at radius 3 is 2.11 bits per heavy atom. The van der Waals surface area contributed by atoms with Gasteiger partial charge in [0.15, 0.2) is 17.0 Å². The minimum Gasteiger partial charge on any atom is -1.00 e. The summed E-state index contributed by atoms with van der Waals surface area (Å²) in [5.74, 6) is -2.85. The van der Waals surface area contributed by atoms with Gasteiger partial charge in [0.1, 0.15) is 23.7 Å². The molecular weight excluding hydrogens is 644 g/mol. The fourth-order valence-corrected chi connectivity index (χ4v) is 5.48. The molecule has 3 aliphatic rings.